The first-order chi connectivity index (χ1) is 5.72. The van der Waals surface area contributed by atoms with Gasteiger partial charge in [-0.15, -0.1) is 0 Å². The standard InChI is InChI=1S/C7H16ClN2O2P/c1-5(2)12-7(9)6(3)10-13(4,8)11/h5-6,9H,1-4H3,(H,10,11)/t6-,13+/m0/s1. The molecule has 0 aliphatic rings. The average molecular weight is 227 g/mol. The summed E-state index contributed by atoms with van der Waals surface area (Å²) in [7, 11) is 0. The molecule has 0 bridgehead atoms. The summed E-state index contributed by atoms with van der Waals surface area (Å²) >= 11 is 5.50. The fourth-order valence-corrected chi connectivity index (χ4v) is 2.01. The third kappa shape index (κ3) is 7.05. The van der Waals surface area contributed by atoms with Crippen molar-refractivity contribution in [3.63, 3.8) is 0 Å². The molecule has 0 unspecified atom stereocenters. The average Bonchev–Trinajstić information content (AvgIpc) is 1.81. The minimum atomic E-state index is -2.82. The number of hydrogen-bond donors (Lipinski definition) is 2. The maximum Gasteiger partial charge on any atom is 0.230 e. The van der Waals surface area contributed by atoms with E-state index in [0.717, 1.165) is 0 Å². The van der Waals surface area contributed by atoms with Gasteiger partial charge in [0.2, 0.25) is 6.65 Å². The van der Waals surface area contributed by atoms with Crippen LogP contribution < -0.4 is 5.09 Å². The van der Waals surface area contributed by atoms with Gasteiger partial charge in [-0.3, -0.25) is 9.97 Å². The third-order valence-corrected chi connectivity index (χ3v) is 2.32. The van der Waals surface area contributed by atoms with Gasteiger partial charge in [-0.2, -0.15) is 0 Å². The van der Waals surface area contributed by atoms with E-state index in [1.165, 1.54) is 6.66 Å². The summed E-state index contributed by atoms with van der Waals surface area (Å²) in [5.74, 6) is 0.0534. The highest BCUT2D eigenvalue weighted by molar-refractivity contribution is 7.87. The second-order valence-corrected chi connectivity index (χ2v) is 7.04. The molecule has 0 aromatic heterocycles. The van der Waals surface area contributed by atoms with E-state index < -0.39 is 12.7 Å². The molecule has 2 N–H and O–H groups in total. The maximum atomic E-state index is 11.1. The van der Waals surface area contributed by atoms with E-state index in [4.69, 9.17) is 21.4 Å². The van der Waals surface area contributed by atoms with Crippen molar-refractivity contribution in [2.45, 2.75) is 32.9 Å². The van der Waals surface area contributed by atoms with Crippen LogP contribution in [0.5, 0.6) is 0 Å². The van der Waals surface area contributed by atoms with Gasteiger partial charge in [-0.25, -0.2) is 5.09 Å². The molecule has 0 spiro atoms. The van der Waals surface area contributed by atoms with Crippen LogP contribution >= 0.6 is 17.9 Å². The number of rotatable bonds is 4. The van der Waals surface area contributed by atoms with E-state index >= 15 is 0 Å². The lowest BCUT2D eigenvalue weighted by molar-refractivity contribution is 0.215. The molecule has 0 saturated carbocycles. The van der Waals surface area contributed by atoms with Crippen molar-refractivity contribution in [2.24, 2.45) is 0 Å². The second kappa shape index (κ2) is 4.99. The smallest absolute Gasteiger partial charge is 0.230 e. The summed E-state index contributed by atoms with van der Waals surface area (Å²) in [6.07, 6.45) is -0.0525. The first-order valence-corrected chi connectivity index (χ1v) is 7.08. The van der Waals surface area contributed by atoms with Crippen LogP contribution in [0.25, 0.3) is 0 Å². The molecule has 78 valence electrons. The number of halogens is 1. The predicted octanol–water partition coefficient (Wildman–Crippen LogP) is 2.43. The number of hydrogen-bond acceptors (Lipinski definition) is 3. The molecule has 4 nitrogen and oxygen atoms in total. The quantitative estimate of drug-likeness (QED) is 0.440. The zero-order valence-corrected chi connectivity index (χ0v) is 9.95. The molecule has 0 aliphatic heterocycles. The van der Waals surface area contributed by atoms with Crippen LogP contribution in [0.2, 0.25) is 0 Å². The minimum Gasteiger partial charge on any atom is -0.477 e. The van der Waals surface area contributed by atoms with E-state index in [2.05, 4.69) is 5.09 Å². The van der Waals surface area contributed by atoms with Crippen LogP contribution in [0, 0.1) is 5.41 Å². The highest BCUT2D eigenvalue weighted by atomic mass is 35.7. The van der Waals surface area contributed by atoms with Gasteiger partial charge in [-0.05, 0) is 32.0 Å². The monoisotopic (exact) mass is 226 g/mol. The number of ether oxygens (including phenoxy) is 1. The van der Waals surface area contributed by atoms with Gasteiger partial charge in [0.25, 0.3) is 0 Å². The highest BCUT2D eigenvalue weighted by Gasteiger charge is 2.18. The van der Waals surface area contributed by atoms with Crippen LogP contribution in [-0.2, 0) is 9.30 Å². The molecule has 0 aromatic carbocycles. The lowest BCUT2D eigenvalue weighted by atomic mass is 10.3. The lowest BCUT2D eigenvalue weighted by Gasteiger charge is -2.18. The van der Waals surface area contributed by atoms with Crippen molar-refractivity contribution in [3.05, 3.63) is 0 Å². The van der Waals surface area contributed by atoms with Crippen molar-refractivity contribution in [1.82, 2.24) is 5.09 Å². The van der Waals surface area contributed by atoms with E-state index in [-0.39, 0.29) is 12.0 Å². The van der Waals surface area contributed by atoms with E-state index in [1.807, 2.05) is 13.8 Å². The fraction of sp³-hybridized carbons (Fsp3) is 0.857. The van der Waals surface area contributed by atoms with Crippen molar-refractivity contribution >= 4 is 23.8 Å². The highest BCUT2D eigenvalue weighted by Crippen LogP contribution is 2.42. The molecule has 0 aromatic rings. The van der Waals surface area contributed by atoms with Gasteiger partial charge in [0, 0.05) is 6.66 Å². The Morgan fingerprint density at radius 1 is 1.54 bits per heavy atom. The third-order valence-electron chi connectivity index (χ3n) is 1.18. The SMILES string of the molecule is CC(C)OC(=N)[C@H](C)N[P@](C)(=O)Cl. The first kappa shape index (κ1) is 12.9. The summed E-state index contributed by atoms with van der Waals surface area (Å²) < 4.78 is 16.2. The maximum absolute atomic E-state index is 11.1. The molecule has 0 aliphatic carbocycles. The Bertz CT molecular complexity index is 227. The topological polar surface area (TPSA) is 62.2 Å². The number of nitrogens with one attached hydrogen (secondary N) is 2. The molecule has 2 atom stereocenters. The first-order valence-electron chi connectivity index (χ1n) is 4.02. The summed E-state index contributed by atoms with van der Waals surface area (Å²) in [4.78, 5) is 0. The van der Waals surface area contributed by atoms with Gasteiger partial charge < -0.3 is 4.74 Å². The predicted molar refractivity (Wildman–Crippen MR) is 55.9 cm³/mol. The summed E-state index contributed by atoms with van der Waals surface area (Å²) in [5.41, 5.74) is 0. The Kier molecular flexibility index (Phi) is 4.97. The zero-order chi connectivity index (χ0) is 10.6. The molecule has 0 amide bonds. The largest absolute Gasteiger partial charge is 0.477 e. The molecule has 0 heterocycles. The van der Waals surface area contributed by atoms with E-state index in [9.17, 15) is 4.57 Å². The molecular formula is C7H16ClN2O2P. The Labute approximate surface area is 83.7 Å². The molecule has 0 saturated heterocycles. The Morgan fingerprint density at radius 2 is 2.00 bits per heavy atom. The summed E-state index contributed by atoms with van der Waals surface area (Å²) in [5, 5.41) is 10.0. The molecule has 13 heavy (non-hydrogen) atoms. The minimum absolute atomic E-state index is 0.0525. The normalized spacial score (nSPS) is 18.0. The second-order valence-electron chi connectivity index (χ2n) is 3.20. The van der Waals surface area contributed by atoms with E-state index in [0.29, 0.717) is 0 Å². The Balaban J connectivity index is 4.05. The molecule has 6 heteroatoms. The van der Waals surface area contributed by atoms with Gasteiger partial charge >= 0.3 is 0 Å². The van der Waals surface area contributed by atoms with Crippen LogP contribution in [0.15, 0.2) is 0 Å². The van der Waals surface area contributed by atoms with Crippen molar-refractivity contribution in [2.75, 3.05) is 6.66 Å². The van der Waals surface area contributed by atoms with E-state index in [1.54, 1.807) is 6.92 Å². The summed E-state index contributed by atoms with van der Waals surface area (Å²) in [6.45, 7) is 3.92. The van der Waals surface area contributed by atoms with Crippen LogP contribution in [0.4, 0.5) is 0 Å². The lowest BCUT2D eigenvalue weighted by Crippen LogP contribution is -2.33. The Hall–Kier alpha value is -0.0500. The van der Waals surface area contributed by atoms with Crippen molar-refractivity contribution in [3.8, 4) is 0 Å². The zero-order valence-electron chi connectivity index (χ0n) is 8.30. The van der Waals surface area contributed by atoms with Crippen LogP contribution in [0.3, 0.4) is 0 Å². The van der Waals surface area contributed by atoms with Gasteiger partial charge in [0.1, 0.15) is 0 Å². The molecule has 0 fully saturated rings. The molecule has 0 rings (SSSR count). The van der Waals surface area contributed by atoms with Crippen LogP contribution in [-0.4, -0.2) is 24.7 Å². The molecule has 0 radical (unpaired) electrons. The fourth-order valence-electron chi connectivity index (χ4n) is 0.761. The van der Waals surface area contributed by atoms with Gasteiger partial charge in [-0.1, -0.05) is 0 Å². The van der Waals surface area contributed by atoms with Crippen molar-refractivity contribution in [1.29, 1.82) is 5.41 Å². The van der Waals surface area contributed by atoms with Gasteiger partial charge in [0.15, 0.2) is 5.90 Å². The van der Waals surface area contributed by atoms with Crippen molar-refractivity contribution < 1.29 is 9.30 Å². The summed E-state index contributed by atoms with van der Waals surface area (Å²) in [6, 6.07) is -0.421. The van der Waals surface area contributed by atoms with Crippen LogP contribution in [0.1, 0.15) is 20.8 Å². The molecular weight excluding hydrogens is 211 g/mol. The Morgan fingerprint density at radius 3 is 2.31 bits per heavy atom. The van der Waals surface area contributed by atoms with Gasteiger partial charge in [0.05, 0.1) is 12.1 Å².